The molecule has 1 N–H and O–H groups in total. The number of hydrogen-bond donors (Lipinski definition) is 1. The Kier molecular flexibility index (Phi) is 4.36. The molecular weight excluding hydrogens is 334 g/mol. The highest BCUT2D eigenvalue weighted by atomic mass is 35.5. The zero-order valence-corrected chi connectivity index (χ0v) is 13.6. The largest absolute Gasteiger partial charge is 0.276 e. The summed E-state index contributed by atoms with van der Waals surface area (Å²) in [5.41, 5.74) is 1.50. The maximum Gasteiger partial charge on any atom is 0.261 e. The molecule has 118 valence electrons. The van der Waals surface area contributed by atoms with E-state index in [1.54, 1.807) is 10.9 Å². The topological polar surface area (TPSA) is 64.0 Å². The van der Waals surface area contributed by atoms with Gasteiger partial charge in [-0.25, -0.2) is 8.42 Å². The van der Waals surface area contributed by atoms with E-state index in [0.717, 1.165) is 5.56 Å². The van der Waals surface area contributed by atoms with Gasteiger partial charge in [0.05, 0.1) is 23.3 Å². The van der Waals surface area contributed by atoms with Gasteiger partial charge in [0.25, 0.3) is 10.0 Å². The predicted molar refractivity (Wildman–Crippen MR) is 90.0 cm³/mol. The van der Waals surface area contributed by atoms with Gasteiger partial charge in [0.15, 0.2) is 0 Å². The molecule has 0 amide bonds. The first kappa shape index (κ1) is 15.6. The van der Waals surface area contributed by atoms with Crippen molar-refractivity contribution in [3.05, 3.63) is 77.6 Å². The quantitative estimate of drug-likeness (QED) is 0.769. The molecule has 5 nitrogen and oxygen atoms in total. The Balaban J connectivity index is 1.74. The van der Waals surface area contributed by atoms with Crippen molar-refractivity contribution in [3.8, 4) is 0 Å². The van der Waals surface area contributed by atoms with Crippen LogP contribution >= 0.6 is 11.6 Å². The van der Waals surface area contributed by atoms with Gasteiger partial charge < -0.3 is 0 Å². The number of hydrogen-bond acceptors (Lipinski definition) is 3. The van der Waals surface area contributed by atoms with Gasteiger partial charge in [-0.05, 0) is 29.8 Å². The fraction of sp³-hybridized carbons (Fsp3) is 0.0625. The van der Waals surface area contributed by atoms with Crippen LogP contribution < -0.4 is 4.72 Å². The maximum atomic E-state index is 12.3. The lowest BCUT2D eigenvalue weighted by Gasteiger charge is -2.05. The molecule has 23 heavy (non-hydrogen) atoms. The standard InChI is InChI=1S/C16H14ClN3O2S/c17-14-6-8-16(9-7-14)23(21,22)19-15-10-18-20(12-15)11-13-4-2-1-3-5-13/h1-10,12,19H,11H2. The number of sulfonamides is 1. The SMILES string of the molecule is O=S(=O)(Nc1cnn(Cc2ccccc2)c1)c1ccc(Cl)cc1. The lowest BCUT2D eigenvalue weighted by atomic mass is 10.2. The second-order valence-electron chi connectivity index (χ2n) is 4.97. The molecule has 1 aromatic heterocycles. The van der Waals surface area contributed by atoms with Gasteiger partial charge in [-0.2, -0.15) is 5.10 Å². The lowest BCUT2D eigenvalue weighted by molar-refractivity contribution is 0.601. The van der Waals surface area contributed by atoms with E-state index in [4.69, 9.17) is 11.6 Å². The fourth-order valence-electron chi connectivity index (χ4n) is 2.10. The van der Waals surface area contributed by atoms with Gasteiger partial charge in [0.1, 0.15) is 0 Å². The lowest BCUT2D eigenvalue weighted by Crippen LogP contribution is -2.12. The molecule has 0 aliphatic rings. The van der Waals surface area contributed by atoms with Gasteiger partial charge in [0.2, 0.25) is 0 Å². The highest BCUT2D eigenvalue weighted by Gasteiger charge is 2.15. The summed E-state index contributed by atoms with van der Waals surface area (Å²) < 4.78 is 28.8. The van der Waals surface area contributed by atoms with Crippen LogP contribution in [0.15, 0.2) is 71.9 Å². The Morgan fingerprint density at radius 1 is 1.04 bits per heavy atom. The Hall–Kier alpha value is -2.31. The maximum absolute atomic E-state index is 12.3. The third kappa shape index (κ3) is 3.91. The molecule has 0 unspecified atom stereocenters. The average molecular weight is 348 g/mol. The Bertz CT molecular complexity index is 891. The van der Waals surface area contributed by atoms with Crippen LogP contribution in [0.1, 0.15) is 5.56 Å². The molecule has 0 saturated heterocycles. The van der Waals surface area contributed by atoms with Crippen molar-refractivity contribution in [2.75, 3.05) is 4.72 Å². The Labute approximate surface area is 139 Å². The number of anilines is 1. The molecular formula is C16H14ClN3O2S. The van der Waals surface area contributed by atoms with Gasteiger partial charge in [-0.1, -0.05) is 41.9 Å². The molecule has 0 spiro atoms. The van der Waals surface area contributed by atoms with Crippen LogP contribution in [0.5, 0.6) is 0 Å². The smallest absolute Gasteiger partial charge is 0.261 e. The van der Waals surface area contributed by atoms with E-state index >= 15 is 0 Å². The number of aromatic nitrogens is 2. The molecule has 7 heteroatoms. The summed E-state index contributed by atoms with van der Waals surface area (Å²) in [5, 5.41) is 4.66. The predicted octanol–water partition coefficient (Wildman–Crippen LogP) is 3.39. The summed E-state index contributed by atoms with van der Waals surface area (Å²) in [4.78, 5) is 0.151. The Morgan fingerprint density at radius 2 is 1.74 bits per heavy atom. The molecule has 0 saturated carbocycles. The zero-order valence-electron chi connectivity index (χ0n) is 12.1. The summed E-state index contributed by atoms with van der Waals surface area (Å²) in [6.07, 6.45) is 3.14. The van der Waals surface area contributed by atoms with Crippen molar-refractivity contribution >= 4 is 27.3 Å². The van der Waals surface area contributed by atoms with Crippen molar-refractivity contribution in [2.45, 2.75) is 11.4 Å². The molecule has 0 bridgehead atoms. The molecule has 2 aromatic carbocycles. The van der Waals surface area contributed by atoms with Gasteiger partial charge in [-0.15, -0.1) is 0 Å². The summed E-state index contributed by atoms with van der Waals surface area (Å²) in [6, 6.07) is 15.8. The van der Waals surface area contributed by atoms with E-state index in [2.05, 4.69) is 9.82 Å². The summed E-state index contributed by atoms with van der Waals surface area (Å²) in [5.74, 6) is 0. The van der Waals surface area contributed by atoms with Crippen molar-refractivity contribution in [2.24, 2.45) is 0 Å². The molecule has 0 aliphatic heterocycles. The third-order valence-corrected chi connectivity index (χ3v) is 4.85. The first-order chi connectivity index (χ1) is 11.0. The van der Waals surface area contributed by atoms with Crippen molar-refractivity contribution in [1.29, 1.82) is 0 Å². The number of rotatable bonds is 5. The van der Waals surface area contributed by atoms with E-state index < -0.39 is 10.0 Å². The number of halogens is 1. The average Bonchev–Trinajstić information content (AvgIpc) is 2.95. The third-order valence-electron chi connectivity index (χ3n) is 3.20. The summed E-state index contributed by atoms with van der Waals surface area (Å²) in [7, 11) is -3.65. The summed E-state index contributed by atoms with van der Waals surface area (Å²) in [6.45, 7) is 0.573. The van der Waals surface area contributed by atoms with Crippen LogP contribution in [-0.2, 0) is 16.6 Å². The fourth-order valence-corrected chi connectivity index (χ4v) is 3.25. The second-order valence-corrected chi connectivity index (χ2v) is 7.09. The number of nitrogens with one attached hydrogen (secondary N) is 1. The van der Waals surface area contributed by atoms with E-state index in [1.165, 1.54) is 30.5 Å². The molecule has 3 aromatic rings. The van der Waals surface area contributed by atoms with Gasteiger partial charge in [-0.3, -0.25) is 9.40 Å². The van der Waals surface area contributed by atoms with Crippen LogP contribution in [0.2, 0.25) is 5.02 Å². The van der Waals surface area contributed by atoms with E-state index in [9.17, 15) is 8.42 Å². The van der Waals surface area contributed by atoms with Gasteiger partial charge >= 0.3 is 0 Å². The van der Waals surface area contributed by atoms with Crippen molar-refractivity contribution < 1.29 is 8.42 Å². The molecule has 1 heterocycles. The van der Waals surface area contributed by atoms with Crippen LogP contribution in [0.25, 0.3) is 0 Å². The van der Waals surface area contributed by atoms with Crippen molar-refractivity contribution in [3.63, 3.8) is 0 Å². The normalized spacial score (nSPS) is 11.3. The zero-order chi connectivity index (χ0) is 16.3. The van der Waals surface area contributed by atoms with E-state index in [1.807, 2.05) is 30.3 Å². The van der Waals surface area contributed by atoms with Gasteiger partial charge in [0, 0.05) is 11.2 Å². The first-order valence-electron chi connectivity index (χ1n) is 6.88. The minimum atomic E-state index is -3.65. The minimum absolute atomic E-state index is 0.151. The number of benzene rings is 2. The highest BCUT2D eigenvalue weighted by molar-refractivity contribution is 7.92. The van der Waals surface area contributed by atoms with Crippen molar-refractivity contribution in [1.82, 2.24) is 9.78 Å². The number of nitrogens with zero attached hydrogens (tertiary/aromatic N) is 2. The minimum Gasteiger partial charge on any atom is -0.276 e. The first-order valence-corrected chi connectivity index (χ1v) is 8.74. The van der Waals surface area contributed by atoms with E-state index in [-0.39, 0.29) is 4.90 Å². The van der Waals surface area contributed by atoms with E-state index in [0.29, 0.717) is 17.3 Å². The summed E-state index contributed by atoms with van der Waals surface area (Å²) >= 11 is 5.77. The van der Waals surface area contributed by atoms with Crippen LogP contribution in [0.3, 0.4) is 0 Å². The van der Waals surface area contributed by atoms with Crippen LogP contribution in [0.4, 0.5) is 5.69 Å². The molecule has 0 fully saturated rings. The molecule has 0 aliphatic carbocycles. The highest BCUT2D eigenvalue weighted by Crippen LogP contribution is 2.18. The molecule has 0 radical (unpaired) electrons. The Morgan fingerprint density at radius 3 is 2.43 bits per heavy atom. The molecule has 0 atom stereocenters. The monoisotopic (exact) mass is 347 g/mol. The van der Waals surface area contributed by atoms with Crippen LogP contribution in [-0.4, -0.2) is 18.2 Å². The second kappa shape index (κ2) is 6.44. The molecule has 3 rings (SSSR count). The van der Waals surface area contributed by atoms with Crippen LogP contribution in [0, 0.1) is 0 Å².